The molecule has 2 heterocycles. The molecular formula is C18H15BN4O2S. The smallest absolute Gasteiger partial charge is 0.320 e. The standard InChI is InChI=1S/C18H15BN4O2S/c1-19(24)12-3-5-17(25-18-9-21-10-26-18)14(7-12)11-2-4-13-15(20)8-22-23-16(13)6-11/h2-10,24H,1H3,(H2,20,23). The maximum atomic E-state index is 9.96. The van der Waals surface area contributed by atoms with Crippen molar-refractivity contribution < 1.29 is 9.76 Å². The predicted molar refractivity (Wildman–Crippen MR) is 105 cm³/mol. The molecule has 0 unspecified atom stereocenters. The van der Waals surface area contributed by atoms with Crippen molar-refractivity contribution in [3.8, 4) is 21.9 Å². The molecule has 0 saturated carbocycles. The molecule has 2 aromatic carbocycles. The van der Waals surface area contributed by atoms with Crippen LogP contribution in [-0.4, -0.2) is 27.1 Å². The lowest BCUT2D eigenvalue weighted by Crippen LogP contribution is -2.26. The maximum absolute atomic E-state index is 9.96. The average molecular weight is 362 g/mol. The van der Waals surface area contributed by atoms with Gasteiger partial charge in [0.05, 0.1) is 29.1 Å². The molecule has 2 aromatic heterocycles. The number of hydrogen-bond acceptors (Lipinski definition) is 7. The zero-order valence-corrected chi connectivity index (χ0v) is 14.8. The fraction of sp³-hybridized carbons (Fsp3) is 0.0556. The normalized spacial score (nSPS) is 10.8. The van der Waals surface area contributed by atoms with Crippen LogP contribution in [0.1, 0.15) is 0 Å². The lowest BCUT2D eigenvalue weighted by Gasteiger charge is -2.13. The molecule has 0 saturated heterocycles. The molecule has 8 heteroatoms. The van der Waals surface area contributed by atoms with Crippen LogP contribution >= 0.6 is 11.3 Å². The first kappa shape index (κ1) is 16.5. The number of aromatic nitrogens is 3. The minimum absolute atomic E-state index is 0.581. The van der Waals surface area contributed by atoms with Crippen LogP contribution in [0.4, 0.5) is 5.69 Å². The van der Waals surface area contributed by atoms with Gasteiger partial charge in [0.15, 0.2) is 0 Å². The average Bonchev–Trinajstić information content (AvgIpc) is 3.15. The summed E-state index contributed by atoms with van der Waals surface area (Å²) < 4.78 is 5.99. The Morgan fingerprint density at radius 1 is 1.15 bits per heavy atom. The van der Waals surface area contributed by atoms with Crippen molar-refractivity contribution in [2.75, 3.05) is 5.73 Å². The van der Waals surface area contributed by atoms with E-state index in [0.717, 1.165) is 22.0 Å². The van der Waals surface area contributed by atoms with Crippen LogP contribution in [-0.2, 0) is 0 Å². The van der Waals surface area contributed by atoms with Gasteiger partial charge in [-0.1, -0.05) is 36.4 Å². The molecule has 0 fully saturated rings. The van der Waals surface area contributed by atoms with Crippen LogP contribution in [0.2, 0.25) is 6.82 Å². The fourth-order valence-corrected chi connectivity index (χ4v) is 3.22. The number of nitrogens with two attached hydrogens (primary N) is 1. The molecule has 0 bridgehead atoms. The van der Waals surface area contributed by atoms with Crippen molar-refractivity contribution in [3.63, 3.8) is 0 Å². The van der Waals surface area contributed by atoms with E-state index in [0.29, 0.717) is 22.0 Å². The van der Waals surface area contributed by atoms with Gasteiger partial charge >= 0.3 is 6.92 Å². The summed E-state index contributed by atoms with van der Waals surface area (Å²) in [5, 5.41) is 19.6. The first-order valence-electron chi connectivity index (χ1n) is 8.01. The van der Waals surface area contributed by atoms with Crippen LogP contribution in [0.3, 0.4) is 0 Å². The summed E-state index contributed by atoms with van der Waals surface area (Å²) in [6, 6.07) is 11.4. The van der Waals surface area contributed by atoms with Crippen LogP contribution in [0.5, 0.6) is 10.8 Å². The van der Waals surface area contributed by atoms with E-state index in [1.54, 1.807) is 18.5 Å². The lowest BCUT2D eigenvalue weighted by molar-refractivity contribution is 0.497. The number of ether oxygens (including phenoxy) is 1. The van der Waals surface area contributed by atoms with E-state index in [1.807, 2.05) is 36.4 Å². The first-order chi connectivity index (χ1) is 12.6. The van der Waals surface area contributed by atoms with E-state index >= 15 is 0 Å². The number of rotatable bonds is 4. The minimum atomic E-state index is -0.581. The second kappa shape index (κ2) is 6.74. The zero-order chi connectivity index (χ0) is 18.1. The first-order valence-corrected chi connectivity index (χ1v) is 8.89. The number of benzene rings is 2. The highest BCUT2D eigenvalue weighted by Gasteiger charge is 2.15. The Kier molecular flexibility index (Phi) is 4.28. The second-order valence-electron chi connectivity index (χ2n) is 5.89. The van der Waals surface area contributed by atoms with Crippen LogP contribution in [0.15, 0.2) is 54.3 Å². The topological polar surface area (TPSA) is 94.2 Å². The minimum Gasteiger partial charge on any atom is -0.447 e. The van der Waals surface area contributed by atoms with Crippen molar-refractivity contribution in [2.24, 2.45) is 0 Å². The number of nitrogen functional groups attached to an aromatic ring is 1. The zero-order valence-electron chi connectivity index (χ0n) is 14.0. The number of thiazole rings is 1. The quantitative estimate of drug-likeness (QED) is 0.542. The highest BCUT2D eigenvalue weighted by Crippen LogP contribution is 2.35. The van der Waals surface area contributed by atoms with Gasteiger partial charge in [-0.2, -0.15) is 10.2 Å². The Bertz CT molecular complexity index is 1070. The van der Waals surface area contributed by atoms with Crippen molar-refractivity contribution >= 4 is 40.3 Å². The summed E-state index contributed by atoms with van der Waals surface area (Å²) in [5.41, 5.74) is 11.5. The molecule has 0 aliphatic carbocycles. The summed E-state index contributed by atoms with van der Waals surface area (Å²) in [4.78, 5) is 4.04. The van der Waals surface area contributed by atoms with Crippen molar-refractivity contribution in [1.82, 2.24) is 15.2 Å². The molecule has 6 nitrogen and oxygen atoms in total. The van der Waals surface area contributed by atoms with E-state index in [4.69, 9.17) is 10.5 Å². The summed E-state index contributed by atoms with van der Waals surface area (Å²) in [7, 11) is 0. The van der Waals surface area contributed by atoms with Gasteiger partial charge in [-0.3, -0.25) is 0 Å². The highest BCUT2D eigenvalue weighted by atomic mass is 32.1. The fourth-order valence-electron chi connectivity index (χ4n) is 2.73. The summed E-state index contributed by atoms with van der Waals surface area (Å²) in [6.07, 6.45) is 3.21. The molecular weight excluding hydrogens is 347 g/mol. The van der Waals surface area contributed by atoms with Crippen LogP contribution in [0, 0.1) is 0 Å². The number of fused-ring (bicyclic) bond motifs is 1. The second-order valence-corrected chi connectivity index (χ2v) is 6.73. The summed E-state index contributed by atoms with van der Waals surface area (Å²) in [5.74, 6) is 0.676. The Labute approximate surface area is 154 Å². The molecule has 26 heavy (non-hydrogen) atoms. The predicted octanol–water partition coefficient (Wildman–Crippen LogP) is 2.95. The van der Waals surface area contributed by atoms with Gasteiger partial charge in [-0.25, -0.2) is 4.98 Å². The van der Waals surface area contributed by atoms with Gasteiger partial charge in [0, 0.05) is 10.9 Å². The molecule has 0 amide bonds. The SMILES string of the molecule is CB(O)c1ccc(Oc2cncs2)c(-c2ccc3c(N)cnnc3c2)c1. The van der Waals surface area contributed by atoms with Gasteiger partial charge in [-0.15, -0.1) is 0 Å². The Morgan fingerprint density at radius 2 is 2.04 bits per heavy atom. The Hall–Kier alpha value is -2.97. The van der Waals surface area contributed by atoms with Crippen LogP contribution < -0.4 is 15.9 Å². The molecule has 0 aliphatic rings. The number of nitrogens with zero attached hydrogens (tertiary/aromatic N) is 3. The molecule has 3 N–H and O–H groups in total. The van der Waals surface area contributed by atoms with Gasteiger partial charge in [0.2, 0.25) is 5.06 Å². The van der Waals surface area contributed by atoms with E-state index in [2.05, 4.69) is 15.2 Å². The van der Waals surface area contributed by atoms with E-state index in [-0.39, 0.29) is 0 Å². The molecule has 0 spiro atoms. The molecule has 0 aliphatic heterocycles. The largest absolute Gasteiger partial charge is 0.447 e. The lowest BCUT2D eigenvalue weighted by atomic mass is 9.64. The van der Waals surface area contributed by atoms with Crippen LogP contribution in [0.25, 0.3) is 22.0 Å². The van der Waals surface area contributed by atoms with E-state index < -0.39 is 6.92 Å². The molecule has 4 aromatic rings. The van der Waals surface area contributed by atoms with E-state index in [9.17, 15) is 5.02 Å². The number of anilines is 1. The number of hydrogen-bond donors (Lipinski definition) is 2. The molecule has 0 atom stereocenters. The monoisotopic (exact) mass is 362 g/mol. The van der Waals surface area contributed by atoms with E-state index in [1.165, 1.54) is 17.5 Å². The Balaban J connectivity index is 1.86. The Morgan fingerprint density at radius 3 is 2.81 bits per heavy atom. The van der Waals surface area contributed by atoms with Crippen molar-refractivity contribution in [2.45, 2.75) is 6.82 Å². The van der Waals surface area contributed by atoms with Gasteiger partial charge in [-0.05, 0) is 29.2 Å². The van der Waals surface area contributed by atoms with Gasteiger partial charge < -0.3 is 15.5 Å². The highest BCUT2D eigenvalue weighted by molar-refractivity contribution is 7.11. The van der Waals surface area contributed by atoms with Crippen molar-refractivity contribution in [1.29, 1.82) is 0 Å². The molecule has 4 rings (SSSR count). The van der Waals surface area contributed by atoms with Crippen molar-refractivity contribution in [3.05, 3.63) is 54.3 Å². The third-order valence-corrected chi connectivity index (χ3v) is 4.74. The third-order valence-electron chi connectivity index (χ3n) is 4.09. The molecule has 0 radical (unpaired) electrons. The maximum Gasteiger partial charge on any atom is 0.320 e. The van der Waals surface area contributed by atoms with Gasteiger partial charge in [0.1, 0.15) is 5.75 Å². The third kappa shape index (κ3) is 3.12. The summed E-state index contributed by atoms with van der Waals surface area (Å²) >= 11 is 1.42. The summed E-state index contributed by atoms with van der Waals surface area (Å²) in [6.45, 7) is 1.15. The van der Waals surface area contributed by atoms with Gasteiger partial charge in [0.25, 0.3) is 0 Å². The molecule has 128 valence electrons.